The molecule has 2 heterocycles. The number of ether oxygens (including phenoxy) is 1. The van der Waals surface area contributed by atoms with Gasteiger partial charge < -0.3 is 10.1 Å². The van der Waals surface area contributed by atoms with Gasteiger partial charge in [0, 0.05) is 31.7 Å². The van der Waals surface area contributed by atoms with Gasteiger partial charge in [-0.15, -0.1) is 0 Å². The molecule has 23 heavy (non-hydrogen) atoms. The number of nitrogens with zero attached hydrogens (tertiary/aromatic N) is 2. The average molecular weight is 321 g/mol. The molecular weight excluding hydrogens is 290 g/mol. The summed E-state index contributed by atoms with van der Waals surface area (Å²) in [5.74, 6) is 2.72. The van der Waals surface area contributed by atoms with Gasteiger partial charge in [-0.3, -0.25) is 14.6 Å². The van der Waals surface area contributed by atoms with E-state index in [4.69, 9.17) is 4.74 Å². The van der Waals surface area contributed by atoms with Crippen LogP contribution in [0, 0.1) is 17.8 Å². The zero-order valence-corrected chi connectivity index (χ0v) is 14.5. The van der Waals surface area contributed by atoms with E-state index in [9.17, 15) is 4.79 Å². The first-order chi connectivity index (χ1) is 11.1. The van der Waals surface area contributed by atoms with Crippen molar-refractivity contribution in [2.45, 2.75) is 50.8 Å². The Morgan fingerprint density at radius 3 is 2.87 bits per heavy atom. The Hall–Kier alpha value is -0.650. The molecule has 6 atom stereocenters. The predicted molar refractivity (Wildman–Crippen MR) is 89.1 cm³/mol. The minimum Gasteiger partial charge on any atom is -0.374 e. The Bertz CT molecular complexity index is 458. The molecule has 4 aliphatic rings. The smallest absolute Gasteiger partial charge is 0.234 e. The molecule has 6 unspecified atom stereocenters. The number of rotatable bonds is 4. The topological polar surface area (TPSA) is 44.8 Å². The van der Waals surface area contributed by atoms with Crippen LogP contribution in [0.1, 0.15) is 32.6 Å². The summed E-state index contributed by atoms with van der Waals surface area (Å²) in [6.45, 7) is 6.41. The lowest BCUT2D eigenvalue weighted by Crippen LogP contribution is -2.48. The van der Waals surface area contributed by atoms with Crippen LogP contribution in [0.2, 0.25) is 0 Å². The van der Waals surface area contributed by atoms with Crippen LogP contribution in [0.25, 0.3) is 0 Å². The van der Waals surface area contributed by atoms with Gasteiger partial charge >= 0.3 is 0 Å². The highest BCUT2D eigenvalue weighted by Gasteiger charge is 2.43. The van der Waals surface area contributed by atoms with Crippen LogP contribution >= 0.6 is 0 Å². The van der Waals surface area contributed by atoms with E-state index in [1.807, 2.05) is 0 Å². The maximum absolute atomic E-state index is 12.5. The first-order valence-corrected chi connectivity index (χ1v) is 9.43. The molecule has 1 amide bonds. The second kappa shape index (κ2) is 6.34. The van der Waals surface area contributed by atoms with E-state index < -0.39 is 0 Å². The largest absolute Gasteiger partial charge is 0.374 e. The van der Waals surface area contributed by atoms with Gasteiger partial charge in [-0.1, -0.05) is 6.42 Å². The number of nitrogens with one attached hydrogen (secondary N) is 1. The number of hydrogen-bond acceptors (Lipinski definition) is 4. The summed E-state index contributed by atoms with van der Waals surface area (Å²) in [7, 11) is 2.17. The molecule has 2 aliphatic heterocycles. The number of morpholine rings is 1. The van der Waals surface area contributed by atoms with E-state index in [-0.39, 0.29) is 12.0 Å². The maximum atomic E-state index is 12.5. The number of carbonyl (C=O) groups excluding carboxylic acids is 1. The molecule has 0 radical (unpaired) electrons. The zero-order valence-electron chi connectivity index (χ0n) is 14.5. The quantitative estimate of drug-likeness (QED) is 0.837. The molecule has 0 aromatic rings. The molecule has 1 N–H and O–H groups in total. The third-order valence-electron chi connectivity index (χ3n) is 6.85. The second-order valence-electron chi connectivity index (χ2n) is 8.35. The fourth-order valence-corrected chi connectivity index (χ4v) is 5.58. The molecule has 2 aliphatic carbocycles. The predicted octanol–water partition coefficient (Wildman–Crippen LogP) is 0.942. The molecule has 130 valence electrons. The van der Waals surface area contributed by atoms with Crippen molar-refractivity contribution in [2.24, 2.45) is 17.8 Å². The van der Waals surface area contributed by atoms with E-state index >= 15 is 0 Å². The molecule has 4 fully saturated rings. The standard InChI is InChI=1S/C18H31N3O2/c1-12(15-8-13-3-4-14(15)7-13)19-18(22)11-21-9-16-17(10-21)23-6-5-20(16)2/h12-17H,3-11H2,1-2H3,(H,19,22). The van der Waals surface area contributed by atoms with Gasteiger partial charge in [-0.25, -0.2) is 0 Å². The van der Waals surface area contributed by atoms with Gasteiger partial charge in [0.15, 0.2) is 0 Å². The number of carbonyl (C=O) groups is 1. The van der Waals surface area contributed by atoms with Crippen LogP contribution in [0.3, 0.4) is 0 Å². The molecular formula is C18H31N3O2. The summed E-state index contributed by atoms with van der Waals surface area (Å²) in [6, 6.07) is 0.793. The van der Waals surface area contributed by atoms with Crippen molar-refractivity contribution in [1.82, 2.24) is 15.1 Å². The Morgan fingerprint density at radius 1 is 1.30 bits per heavy atom. The van der Waals surface area contributed by atoms with E-state index in [2.05, 4.69) is 29.1 Å². The molecule has 0 spiro atoms. The molecule has 2 saturated heterocycles. The molecule has 0 aromatic carbocycles. The molecule has 5 nitrogen and oxygen atoms in total. The fraction of sp³-hybridized carbons (Fsp3) is 0.944. The van der Waals surface area contributed by atoms with Crippen LogP contribution in [0.5, 0.6) is 0 Å². The Labute approximate surface area is 139 Å². The number of likely N-dealkylation sites (tertiary alicyclic amines) is 1. The van der Waals surface area contributed by atoms with E-state index in [0.29, 0.717) is 24.5 Å². The minimum atomic E-state index is 0.196. The summed E-state index contributed by atoms with van der Waals surface area (Å²) in [5, 5.41) is 3.29. The van der Waals surface area contributed by atoms with Gasteiger partial charge in [0.2, 0.25) is 5.91 Å². The first kappa shape index (κ1) is 15.9. The summed E-state index contributed by atoms with van der Waals surface area (Å²) >= 11 is 0. The minimum absolute atomic E-state index is 0.196. The number of amides is 1. The van der Waals surface area contributed by atoms with E-state index in [0.717, 1.165) is 38.1 Å². The summed E-state index contributed by atoms with van der Waals surface area (Å²) in [5.41, 5.74) is 0. The molecule has 4 rings (SSSR count). The summed E-state index contributed by atoms with van der Waals surface area (Å²) in [6.07, 6.45) is 5.83. The highest BCUT2D eigenvalue weighted by Crippen LogP contribution is 2.49. The average Bonchev–Trinajstić information content (AvgIpc) is 3.21. The van der Waals surface area contributed by atoms with Crippen molar-refractivity contribution in [2.75, 3.05) is 39.8 Å². The van der Waals surface area contributed by atoms with E-state index in [1.54, 1.807) is 0 Å². The third kappa shape index (κ3) is 3.15. The fourth-order valence-electron chi connectivity index (χ4n) is 5.58. The Kier molecular flexibility index (Phi) is 4.37. The molecule has 2 saturated carbocycles. The van der Waals surface area contributed by atoms with Crippen molar-refractivity contribution in [1.29, 1.82) is 0 Å². The number of hydrogen-bond donors (Lipinski definition) is 1. The highest BCUT2D eigenvalue weighted by molar-refractivity contribution is 5.78. The van der Waals surface area contributed by atoms with Gasteiger partial charge in [-0.2, -0.15) is 0 Å². The summed E-state index contributed by atoms with van der Waals surface area (Å²) in [4.78, 5) is 17.1. The van der Waals surface area contributed by atoms with Crippen molar-refractivity contribution in [3.8, 4) is 0 Å². The Balaban J connectivity index is 1.26. The van der Waals surface area contributed by atoms with Crippen LogP contribution < -0.4 is 5.32 Å². The number of fused-ring (bicyclic) bond motifs is 3. The van der Waals surface area contributed by atoms with Gasteiger partial charge in [0.05, 0.1) is 19.3 Å². The van der Waals surface area contributed by atoms with Crippen LogP contribution in [-0.2, 0) is 9.53 Å². The molecule has 2 bridgehead atoms. The lowest BCUT2D eigenvalue weighted by molar-refractivity contribution is -0.123. The van der Waals surface area contributed by atoms with Crippen molar-refractivity contribution >= 4 is 5.91 Å². The van der Waals surface area contributed by atoms with Crippen LogP contribution in [0.4, 0.5) is 0 Å². The van der Waals surface area contributed by atoms with Gasteiger partial charge in [-0.05, 0) is 51.0 Å². The highest BCUT2D eigenvalue weighted by atomic mass is 16.5. The third-order valence-corrected chi connectivity index (χ3v) is 6.85. The SMILES string of the molecule is CC(NC(=O)CN1CC2OCCN(C)C2C1)C1CC2CCC1C2. The van der Waals surface area contributed by atoms with Crippen molar-refractivity contribution < 1.29 is 9.53 Å². The second-order valence-corrected chi connectivity index (χ2v) is 8.35. The molecule has 5 heteroatoms. The van der Waals surface area contributed by atoms with E-state index in [1.165, 1.54) is 25.7 Å². The maximum Gasteiger partial charge on any atom is 0.234 e. The normalized spacial score (nSPS) is 41.9. The Morgan fingerprint density at radius 2 is 2.17 bits per heavy atom. The van der Waals surface area contributed by atoms with Crippen LogP contribution in [0.15, 0.2) is 0 Å². The number of likely N-dealkylation sites (N-methyl/N-ethyl adjacent to an activating group) is 1. The summed E-state index contributed by atoms with van der Waals surface area (Å²) < 4.78 is 5.86. The van der Waals surface area contributed by atoms with Crippen LogP contribution in [-0.4, -0.2) is 73.7 Å². The lowest BCUT2D eigenvalue weighted by atomic mass is 9.84. The first-order valence-electron chi connectivity index (χ1n) is 9.43. The van der Waals surface area contributed by atoms with Crippen molar-refractivity contribution in [3.63, 3.8) is 0 Å². The van der Waals surface area contributed by atoms with Gasteiger partial charge in [0.1, 0.15) is 0 Å². The van der Waals surface area contributed by atoms with Crippen molar-refractivity contribution in [3.05, 3.63) is 0 Å². The molecule has 0 aromatic heterocycles. The van der Waals surface area contributed by atoms with Gasteiger partial charge in [0.25, 0.3) is 0 Å². The monoisotopic (exact) mass is 321 g/mol. The lowest BCUT2D eigenvalue weighted by Gasteiger charge is -2.33. The zero-order chi connectivity index (χ0) is 16.0.